The summed E-state index contributed by atoms with van der Waals surface area (Å²) >= 11 is 0. The molecule has 0 aliphatic heterocycles. The number of fused-ring (bicyclic) bond motifs is 1. The first-order valence-corrected chi connectivity index (χ1v) is 8.39. The average molecular weight is 275 g/mol. The number of benzene rings is 2. The standard InChI is InChI=1S/C16H21NOS/c1-13(10-11-19(2)18)17-12-15-8-5-7-14-6-3-4-9-16(14)15/h3-9,13,17H,10-12H2,1-2H3. The van der Waals surface area contributed by atoms with Crippen LogP contribution in [0.2, 0.25) is 0 Å². The first-order chi connectivity index (χ1) is 9.16. The summed E-state index contributed by atoms with van der Waals surface area (Å²) in [6, 6.07) is 15.3. The minimum Gasteiger partial charge on any atom is -0.310 e. The topological polar surface area (TPSA) is 29.1 Å². The molecule has 1 N–H and O–H groups in total. The number of hydrogen-bond donors (Lipinski definition) is 1. The quantitative estimate of drug-likeness (QED) is 0.878. The summed E-state index contributed by atoms with van der Waals surface area (Å²) in [6.07, 6.45) is 2.71. The first-order valence-electron chi connectivity index (χ1n) is 6.67. The van der Waals surface area contributed by atoms with Crippen molar-refractivity contribution in [2.75, 3.05) is 12.0 Å². The Morgan fingerprint density at radius 2 is 1.89 bits per heavy atom. The third-order valence-corrected chi connectivity index (χ3v) is 4.17. The van der Waals surface area contributed by atoms with Crippen LogP contribution in [0, 0.1) is 0 Å². The lowest BCUT2D eigenvalue weighted by molar-refractivity contribution is 0.536. The highest BCUT2D eigenvalue weighted by Crippen LogP contribution is 2.18. The van der Waals surface area contributed by atoms with Crippen LogP contribution in [0.3, 0.4) is 0 Å². The Balaban J connectivity index is 2.00. The minimum absolute atomic E-state index is 0.392. The Labute approximate surface area is 117 Å². The number of nitrogens with one attached hydrogen (secondary N) is 1. The summed E-state index contributed by atoms with van der Waals surface area (Å²) in [7, 11) is -0.696. The van der Waals surface area contributed by atoms with Gasteiger partial charge in [0.2, 0.25) is 0 Å². The molecule has 2 aromatic rings. The molecule has 0 aliphatic rings. The van der Waals surface area contributed by atoms with E-state index in [0.717, 1.165) is 18.7 Å². The van der Waals surface area contributed by atoms with E-state index in [0.29, 0.717) is 6.04 Å². The Bertz CT molecular complexity index is 562. The molecule has 0 saturated heterocycles. The highest BCUT2D eigenvalue weighted by atomic mass is 32.2. The van der Waals surface area contributed by atoms with E-state index in [9.17, 15) is 4.21 Å². The van der Waals surface area contributed by atoms with Gasteiger partial charge in [0, 0.05) is 35.4 Å². The maximum absolute atomic E-state index is 11.1. The molecule has 0 bridgehead atoms. The van der Waals surface area contributed by atoms with Gasteiger partial charge in [-0.05, 0) is 29.7 Å². The van der Waals surface area contributed by atoms with E-state index < -0.39 is 10.8 Å². The van der Waals surface area contributed by atoms with Gasteiger partial charge in [-0.25, -0.2) is 0 Å². The molecule has 0 saturated carbocycles. The lowest BCUT2D eigenvalue weighted by Gasteiger charge is -2.14. The van der Waals surface area contributed by atoms with Crippen molar-refractivity contribution < 1.29 is 4.21 Å². The largest absolute Gasteiger partial charge is 0.310 e. The molecule has 0 aromatic heterocycles. The molecule has 2 nitrogen and oxygen atoms in total. The zero-order valence-electron chi connectivity index (χ0n) is 11.6. The van der Waals surface area contributed by atoms with Crippen molar-refractivity contribution in [2.24, 2.45) is 0 Å². The van der Waals surface area contributed by atoms with Crippen molar-refractivity contribution >= 4 is 21.6 Å². The van der Waals surface area contributed by atoms with Gasteiger partial charge in [-0.2, -0.15) is 0 Å². The molecule has 3 heteroatoms. The second-order valence-corrected chi connectivity index (χ2v) is 6.54. The number of rotatable bonds is 6. The second-order valence-electron chi connectivity index (χ2n) is 4.99. The van der Waals surface area contributed by atoms with Gasteiger partial charge in [-0.3, -0.25) is 4.21 Å². The fraction of sp³-hybridized carbons (Fsp3) is 0.375. The van der Waals surface area contributed by atoms with Crippen LogP contribution in [-0.4, -0.2) is 22.3 Å². The predicted octanol–water partition coefficient (Wildman–Crippen LogP) is 3.09. The van der Waals surface area contributed by atoms with Gasteiger partial charge in [0.1, 0.15) is 0 Å². The molecule has 2 atom stereocenters. The van der Waals surface area contributed by atoms with Crippen molar-refractivity contribution in [1.82, 2.24) is 5.32 Å². The normalized spacial score (nSPS) is 14.4. The summed E-state index contributed by atoms with van der Waals surface area (Å²) in [5.41, 5.74) is 1.32. The highest BCUT2D eigenvalue weighted by Gasteiger charge is 2.04. The van der Waals surface area contributed by atoms with Crippen molar-refractivity contribution in [1.29, 1.82) is 0 Å². The van der Waals surface area contributed by atoms with E-state index in [1.807, 2.05) is 0 Å². The third kappa shape index (κ3) is 4.15. The molecule has 0 radical (unpaired) electrons. The molecule has 0 aliphatic carbocycles. The SMILES string of the molecule is CC(CCS(C)=O)NCc1cccc2ccccc12. The van der Waals surface area contributed by atoms with Gasteiger partial charge in [0.05, 0.1) is 0 Å². The van der Waals surface area contributed by atoms with Crippen molar-refractivity contribution in [2.45, 2.75) is 25.9 Å². The fourth-order valence-electron chi connectivity index (χ4n) is 2.18. The predicted molar refractivity (Wildman–Crippen MR) is 83.8 cm³/mol. The Morgan fingerprint density at radius 1 is 1.16 bits per heavy atom. The molecule has 2 rings (SSSR count). The van der Waals surface area contributed by atoms with Gasteiger partial charge in [0.25, 0.3) is 0 Å². The smallest absolute Gasteiger partial charge is 0.0246 e. The molecule has 0 spiro atoms. The highest BCUT2D eigenvalue weighted by molar-refractivity contribution is 7.84. The molecule has 0 amide bonds. The maximum atomic E-state index is 11.1. The summed E-state index contributed by atoms with van der Waals surface area (Å²) in [5.74, 6) is 0.768. The molecule has 2 unspecified atom stereocenters. The van der Waals surface area contributed by atoms with E-state index in [1.54, 1.807) is 6.26 Å². The van der Waals surface area contributed by atoms with Crippen LogP contribution in [0.25, 0.3) is 10.8 Å². The molecular formula is C16H21NOS. The van der Waals surface area contributed by atoms with Crippen molar-refractivity contribution in [3.05, 3.63) is 48.0 Å². The average Bonchev–Trinajstić information content (AvgIpc) is 2.42. The summed E-state index contributed by atoms with van der Waals surface area (Å²) in [4.78, 5) is 0. The van der Waals surface area contributed by atoms with Crippen LogP contribution in [-0.2, 0) is 17.3 Å². The lowest BCUT2D eigenvalue weighted by Crippen LogP contribution is -2.27. The Kier molecular flexibility index (Phi) is 5.11. The van der Waals surface area contributed by atoms with E-state index >= 15 is 0 Å². The van der Waals surface area contributed by atoms with Gasteiger partial charge < -0.3 is 5.32 Å². The van der Waals surface area contributed by atoms with Crippen molar-refractivity contribution in [3.63, 3.8) is 0 Å². The zero-order valence-corrected chi connectivity index (χ0v) is 12.4. The summed E-state index contributed by atoms with van der Waals surface area (Å²) in [5, 5.41) is 6.10. The van der Waals surface area contributed by atoms with Gasteiger partial charge >= 0.3 is 0 Å². The third-order valence-electron chi connectivity index (χ3n) is 3.36. The van der Waals surface area contributed by atoms with Crippen LogP contribution in [0.4, 0.5) is 0 Å². The Morgan fingerprint density at radius 3 is 2.68 bits per heavy atom. The zero-order chi connectivity index (χ0) is 13.7. The van der Waals surface area contributed by atoms with Crippen LogP contribution >= 0.6 is 0 Å². The Hall–Kier alpha value is -1.19. The van der Waals surface area contributed by atoms with Crippen molar-refractivity contribution in [3.8, 4) is 0 Å². The van der Waals surface area contributed by atoms with Crippen LogP contribution in [0.1, 0.15) is 18.9 Å². The fourth-order valence-corrected chi connectivity index (χ4v) is 2.86. The molecule has 19 heavy (non-hydrogen) atoms. The molecule has 0 fully saturated rings. The van der Waals surface area contributed by atoms with Gasteiger partial charge in [0.15, 0.2) is 0 Å². The van der Waals surface area contributed by atoms with E-state index in [1.165, 1.54) is 16.3 Å². The van der Waals surface area contributed by atoms with Gasteiger partial charge in [-0.15, -0.1) is 0 Å². The maximum Gasteiger partial charge on any atom is 0.0246 e. The van der Waals surface area contributed by atoms with Crippen LogP contribution < -0.4 is 5.32 Å². The van der Waals surface area contributed by atoms with Gasteiger partial charge in [-0.1, -0.05) is 42.5 Å². The number of hydrogen-bond acceptors (Lipinski definition) is 2. The van der Waals surface area contributed by atoms with E-state index in [2.05, 4.69) is 54.7 Å². The first kappa shape index (κ1) is 14.2. The molecular weight excluding hydrogens is 254 g/mol. The molecule has 102 valence electrons. The molecule has 2 aromatic carbocycles. The van der Waals surface area contributed by atoms with E-state index in [4.69, 9.17) is 0 Å². The summed E-state index contributed by atoms with van der Waals surface area (Å²) < 4.78 is 11.1. The van der Waals surface area contributed by atoms with Crippen LogP contribution in [0.5, 0.6) is 0 Å². The molecule has 0 heterocycles. The van der Waals surface area contributed by atoms with Crippen LogP contribution in [0.15, 0.2) is 42.5 Å². The monoisotopic (exact) mass is 275 g/mol. The lowest BCUT2D eigenvalue weighted by atomic mass is 10.0. The summed E-state index contributed by atoms with van der Waals surface area (Å²) in [6.45, 7) is 3.01. The van der Waals surface area contributed by atoms with E-state index in [-0.39, 0.29) is 0 Å². The second kappa shape index (κ2) is 6.83. The minimum atomic E-state index is -0.696.